The van der Waals surface area contributed by atoms with Gasteiger partial charge in [-0.05, 0) is 60.3 Å². The van der Waals surface area contributed by atoms with E-state index in [0.717, 1.165) is 34.7 Å². The van der Waals surface area contributed by atoms with Crippen molar-refractivity contribution in [2.24, 2.45) is 0 Å². The molecule has 4 rings (SSSR count). The van der Waals surface area contributed by atoms with Crippen LogP contribution in [-0.4, -0.2) is 16.8 Å². The summed E-state index contributed by atoms with van der Waals surface area (Å²) in [6.45, 7) is 1.77. The molecule has 1 atom stereocenters. The maximum absolute atomic E-state index is 13.9. The van der Waals surface area contributed by atoms with Crippen LogP contribution in [0, 0.1) is 24.4 Å². The van der Waals surface area contributed by atoms with E-state index < -0.39 is 40.9 Å². The molecule has 1 aliphatic heterocycles. The van der Waals surface area contributed by atoms with E-state index >= 15 is 0 Å². The molecule has 4 nitrogen and oxygen atoms in total. The largest absolute Gasteiger partial charge is 0.507 e. The zero-order valence-corrected chi connectivity index (χ0v) is 16.3. The van der Waals surface area contributed by atoms with Crippen molar-refractivity contribution in [3.05, 3.63) is 92.9 Å². The number of rotatable bonds is 3. The number of thiophene rings is 1. The third kappa shape index (κ3) is 3.19. The Kier molecular flexibility index (Phi) is 4.95. The number of anilines is 1. The van der Waals surface area contributed by atoms with Gasteiger partial charge in [0.2, 0.25) is 0 Å². The van der Waals surface area contributed by atoms with Crippen LogP contribution in [0.2, 0.25) is 0 Å². The van der Waals surface area contributed by atoms with Gasteiger partial charge in [-0.25, -0.2) is 13.2 Å². The predicted octanol–water partition coefficient (Wildman–Crippen LogP) is 5.10. The van der Waals surface area contributed by atoms with Gasteiger partial charge < -0.3 is 5.11 Å². The molecule has 3 aromatic rings. The summed E-state index contributed by atoms with van der Waals surface area (Å²) >= 11 is 1.26. The molecule has 0 spiro atoms. The Morgan fingerprint density at radius 3 is 2.30 bits per heavy atom. The number of halogens is 3. The van der Waals surface area contributed by atoms with Gasteiger partial charge in [-0.2, -0.15) is 0 Å². The number of Topliss-reactive ketones (excluding diaryl/α,β-unsaturated/α-hetero) is 1. The van der Waals surface area contributed by atoms with Crippen molar-refractivity contribution < 1.29 is 27.9 Å². The number of amides is 1. The van der Waals surface area contributed by atoms with E-state index in [1.165, 1.54) is 29.5 Å². The van der Waals surface area contributed by atoms with E-state index in [1.54, 1.807) is 18.4 Å². The van der Waals surface area contributed by atoms with Crippen molar-refractivity contribution in [1.29, 1.82) is 0 Å². The number of carbonyl (C=O) groups excluding carboxylic acids is 2. The van der Waals surface area contributed by atoms with Crippen LogP contribution in [0.4, 0.5) is 18.9 Å². The second-order valence-corrected chi connectivity index (χ2v) is 7.69. The lowest BCUT2D eigenvalue weighted by molar-refractivity contribution is -0.132. The highest BCUT2D eigenvalue weighted by molar-refractivity contribution is 7.10. The number of hydrogen-bond donors (Lipinski definition) is 1. The van der Waals surface area contributed by atoms with E-state index in [1.807, 2.05) is 0 Å². The molecule has 1 fully saturated rings. The molecule has 0 radical (unpaired) electrons. The molecule has 0 saturated carbocycles. The Balaban J connectivity index is 1.95. The molecule has 8 heteroatoms. The SMILES string of the molecule is Cc1ccsc1C1/C(=C(/O)c2ccc(F)cc2)C(=O)C(=O)N1c1ccc(F)c(F)c1. The summed E-state index contributed by atoms with van der Waals surface area (Å²) in [4.78, 5) is 27.4. The van der Waals surface area contributed by atoms with Crippen molar-refractivity contribution in [1.82, 2.24) is 0 Å². The smallest absolute Gasteiger partial charge is 0.300 e. The summed E-state index contributed by atoms with van der Waals surface area (Å²) in [7, 11) is 0. The van der Waals surface area contributed by atoms with Gasteiger partial charge in [0, 0.05) is 22.2 Å². The van der Waals surface area contributed by atoms with Gasteiger partial charge in [-0.1, -0.05) is 0 Å². The van der Waals surface area contributed by atoms with Gasteiger partial charge in [0.15, 0.2) is 11.6 Å². The molecule has 2 aromatic carbocycles. The molecule has 1 aliphatic rings. The maximum atomic E-state index is 13.9. The molecule has 2 heterocycles. The number of benzene rings is 2. The normalized spacial score (nSPS) is 18.3. The summed E-state index contributed by atoms with van der Waals surface area (Å²) in [5, 5.41) is 12.6. The molecule has 1 amide bonds. The summed E-state index contributed by atoms with van der Waals surface area (Å²) in [5.41, 5.74) is 0.678. The Morgan fingerprint density at radius 2 is 1.70 bits per heavy atom. The zero-order valence-electron chi connectivity index (χ0n) is 15.5. The quantitative estimate of drug-likeness (QED) is 0.358. The van der Waals surface area contributed by atoms with Crippen LogP contribution in [0.3, 0.4) is 0 Å². The molecular weight excluding hydrogens is 415 g/mol. The van der Waals surface area contributed by atoms with E-state index in [0.29, 0.717) is 4.88 Å². The summed E-state index contributed by atoms with van der Waals surface area (Å²) in [6, 6.07) is 8.43. The predicted molar refractivity (Wildman–Crippen MR) is 107 cm³/mol. The third-order valence-electron chi connectivity index (χ3n) is 4.89. The minimum Gasteiger partial charge on any atom is -0.507 e. The zero-order chi connectivity index (χ0) is 21.6. The van der Waals surface area contributed by atoms with Crippen molar-refractivity contribution in [2.45, 2.75) is 13.0 Å². The average molecular weight is 429 g/mol. The number of aliphatic hydroxyl groups is 1. The first-order valence-electron chi connectivity index (χ1n) is 8.85. The first kappa shape index (κ1) is 19.9. The van der Waals surface area contributed by atoms with Crippen LogP contribution in [0.15, 0.2) is 59.5 Å². The molecule has 1 N–H and O–H groups in total. The Morgan fingerprint density at radius 1 is 1.00 bits per heavy atom. The van der Waals surface area contributed by atoms with E-state index in [2.05, 4.69) is 0 Å². The summed E-state index contributed by atoms with van der Waals surface area (Å²) in [5.74, 6) is -5.22. The second kappa shape index (κ2) is 7.46. The molecule has 152 valence electrons. The molecule has 30 heavy (non-hydrogen) atoms. The van der Waals surface area contributed by atoms with Gasteiger partial charge in [0.25, 0.3) is 11.7 Å². The number of aryl methyl sites for hydroxylation is 1. The number of carbonyl (C=O) groups is 2. The van der Waals surface area contributed by atoms with Crippen molar-refractivity contribution in [3.63, 3.8) is 0 Å². The second-order valence-electron chi connectivity index (χ2n) is 6.74. The van der Waals surface area contributed by atoms with Crippen LogP contribution in [0.1, 0.15) is 22.0 Å². The van der Waals surface area contributed by atoms with Gasteiger partial charge in [-0.15, -0.1) is 11.3 Å². The van der Waals surface area contributed by atoms with Crippen LogP contribution in [-0.2, 0) is 9.59 Å². The Hall–Kier alpha value is -3.39. The van der Waals surface area contributed by atoms with Gasteiger partial charge >= 0.3 is 0 Å². The number of aliphatic hydroxyl groups excluding tert-OH is 1. The van der Waals surface area contributed by atoms with Crippen LogP contribution in [0.5, 0.6) is 0 Å². The highest BCUT2D eigenvalue weighted by Crippen LogP contribution is 2.44. The Labute approximate surface area is 173 Å². The molecule has 1 unspecified atom stereocenters. The van der Waals surface area contributed by atoms with Crippen LogP contribution < -0.4 is 4.90 Å². The van der Waals surface area contributed by atoms with E-state index in [9.17, 15) is 27.9 Å². The fraction of sp³-hybridized carbons (Fsp3) is 0.0909. The topological polar surface area (TPSA) is 57.6 Å². The molecule has 0 bridgehead atoms. The standard InChI is InChI=1S/C22H14F3NO3S/c1-11-8-9-30-21(11)18-17(19(27)12-2-4-13(23)5-3-12)20(28)22(29)26(18)14-6-7-15(24)16(25)10-14/h2-10,18,27H,1H3/b19-17-. The van der Waals surface area contributed by atoms with Crippen molar-refractivity contribution in [3.8, 4) is 0 Å². The highest BCUT2D eigenvalue weighted by Gasteiger charge is 2.48. The van der Waals surface area contributed by atoms with Crippen molar-refractivity contribution in [2.75, 3.05) is 4.90 Å². The van der Waals surface area contributed by atoms with Gasteiger partial charge in [0.1, 0.15) is 17.6 Å². The minimum absolute atomic E-state index is 0.0213. The fourth-order valence-corrected chi connectivity index (χ4v) is 4.43. The van der Waals surface area contributed by atoms with E-state index in [-0.39, 0.29) is 16.8 Å². The first-order valence-corrected chi connectivity index (χ1v) is 9.73. The number of nitrogens with zero attached hydrogens (tertiary/aromatic N) is 1. The minimum atomic E-state index is -1.17. The summed E-state index contributed by atoms with van der Waals surface area (Å²) < 4.78 is 40.6. The summed E-state index contributed by atoms with van der Waals surface area (Å²) in [6.07, 6.45) is 0. The lowest BCUT2D eigenvalue weighted by Crippen LogP contribution is -2.29. The van der Waals surface area contributed by atoms with Crippen molar-refractivity contribution >= 4 is 34.5 Å². The molecule has 0 aliphatic carbocycles. The highest BCUT2D eigenvalue weighted by atomic mass is 32.1. The number of hydrogen-bond acceptors (Lipinski definition) is 4. The molecule has 1 aromatic heterocycles. The fourth-order valence-electron chi connectivity index (χ4n) is 3.41. The molecule has 1 saturated heterocycles. The average Bonchev–Trinajstić information content (AvgIpc) is 3.25. The third-order valence-corrected chi connectivity index (χ3v) is 5.96. The van der Waals surface area contributed by atoms with Gasteiger partial charge in [-0.3, -0.25) is 14.5 Å². The van der Waals surface area contributed by atoms with Crippen LogP contribution in [0.25, 0.3) is 5.76 Å². The Bertz CT molecular complexity index is 1200. The lowest BCUT2D eigenvalue weighted by atomic mass is 9.98. The molecular formula is C22H14F3NO3S. The maximum Gasteiger partial charge on any atom is 0.300 e. The van der Waals surface area contributed by atoms with Crippen LogP contribution >= 0.6 is 11.3 Å². The van der Waals surface area contributed by atoms with Gasteiger partial charge in [0.05, 0.1) is 5.57 Å². The lowest BCUT2D eigenvalue weighted by Gasteiger charge is -2.25. The monoisotopic (exact) mass is 429 g/mol. The number of ketones is 1. The first-order chi connectivity index (χ1) is 14.3. The van der Waals surface area contributed by atoms with E-state index in [4.69, 9.17) is 0 Å².